The molecule has 0 atom stereocenters. The van der Waals surface area contributed by atoms with Crippen LogP contribution < -0.4 is 0 Å². The molecule has 1 aromatic carbocycles. The highest BCUT2D eigenvalue weighted by Crippen LogP contribution is 2.19. The van der Waals surface area contributed by atoms with E-state index in [2.05, 4.69) is 15.5 Å². The Morgan fingerprint density at radius 1 is 1.15 bits per heavy atom. The van der Waals surface area contributed by atoms with Crippen LogP contribution >= 0.6 is 11.8 Å². The fourth-order valence-electron chi connectivity index (χ4n) is 1.66. The summed E-state index contributed by atoms with van der Waals surface area (Å²) in [5.74, 6) is 0.648. The molecule has 108 valence electrons. The van der Waals surface area contributed by atoms with Crippen LogP contribution in [-0.2, 0) is 9.47 Å². The van der Waals surface area contributed by atoms with Crippen LogP contribution in [0.15, 0.2) is 35.5 Å². The van der Waals surface area contributed by atoms with E-state index in [9.17, 15) is 0 Å². The molecule has 0 aliphatic heterocycles. The average molecular weight is 294 g/mol. The minimum absolute atomic E-state index is 0.240. The van der Waals surface area contributed by atoms with Gasteiger partial charge in [-0.15, -0.1) is 5.10 Å². The molecule has 0 saturated carbocycles. The molecule has 0 N–H and O–H groups in total. The molecule has 0 saturated heterocycles. The summed E-state index contributed by atoms with van der Waals surface area (Å²) in [5, 5.41) is 12.5. The Hall–Kier alpha value is -1.44. The number of thioether (sulfide) groups is 1. The zero-order valence-corrected chi connectivity index (χ0v) is 12.4. The van der Waals surface area contributed by atoms with Gasteiger partial charge >= 0.3 is 0 Å². The molecule has 0 radical (unpaired) electrons. The van der Waals surface area contributed by atoms with Gasteiger partial charge < -0.3 is 9.47 Å². The highest BCUT2D eigenvalue weighted by atomic mass is 32.2. The molecule has 0 fully saturated rings. The maximum Gasteiger partial charge on any atom is 0.214 e. The Morgan fingerprint density at radius 3 is 2.50 bits per heavy atom. The average Bonchev–Trinajstić information content (AvgIpc) is 2.94. The maximum atomic E-state index is 5.51. The van der Waals surface area contributed by atoms with Gasteiger partial charge in [0.25, 0.3) is 0 Å². The van der Waals surface area contributed by atoms with E-state index in [-0.39, 0.29) is 6.29 Å². The van der Waals surface area contributed by atoms with Crippen molar-refractivity contribution in [1.82, 2.24) is 20.2 Å². The second-order valence-corrected chi connectivity index (χ2v) is 4.85. The van der Waals surface area contributed by atoms with Crippen LogP contribution in [0.25, 0.3) is 5.69 Å². The van der Waals surface area contributed by atoms with Gasteiger partial charge in [0.15, 0.2) is 6.29 Å². The van der Waals surface area contributed by atoms with Crippen LogP contribution in [0.5, 0.6) is 0 Å². The lowest BCUT2D eigenvalue weighted by Gasteiger charge is -2.15. The van der Waals surface area contributed by atoms with Crippen molar-refractivity contribution in [2.45, 2.75) is 25.3 Å². The van der Waals surface area contributed by atoms with Crippen LogP contribution in [0.4, 0.5) is 0 Å². The summed E-state index contributed by atoms with van der Waals surface area (Å²) in [4.78, 5) is 0. The van der Waals surface area contributed by atoms with Crippen molar-refractivity contribution < 1.29 is 9.47 Å². The van der Waals surface area contributed by atoms with E-state index >= 15 is 0 Å². The van der Waals surface area contributed by atoms with E-state index in [1.807, 2.05) is 44.2 Å². The number of hydrogen-bond donors (Lipinski definition) is 0. The first-order chi connectivity index (χ1) is 9.85. The second kappa shape index (κ2) is 7.98. The summed E-state index contributed by atoms with van der Waals surface area (Å²) in [5.41, 5.74) is 0.935. The van der Waals surface area contributed by atoms with Crippen LogP contribution in [0, 0.1) is 0 Å². The third-order valence-corrected chi connectivity index (χ3v) is 3.45. The summed E-state index contributed by atoms with van der Waals surface area (Å²) in [6.45, 7) is 5.14. The first-order valence-electron chi connectivity index (χ1n) is 6.55. The molecule has 0 spiro atoms. The number of para-hydroxylation sites is 1. The summed E-state index contributed by atoms with van der Waals surface area (Å²) < 4.78 is 12.7. The van der Waals surface area contributed by atoms with E-state index in [0.717, 1.165) is 10.8 Å². The molecule has 1 heterocycles. The Kier molecular flexibility index (Phi) is 5.97. The van der Waals surface area contributed by atoms with Gasteiger partial charge in [-0.3, -0.25) is 0 Å². The van der Waals surface area contributed by atoms with Gasteiger partial charge in [-0.25, -0.2) is 0 Å². The first-order valence-corrected chi connectivity index (χ1v) is 7.53. The lowest BCUT2D eigenvalue weighted by atomic mass is 10.3. The lowest BCUT2D eigenvalue weighted by molar-refractivity contribution is -0.120. The number of rotatable bonds is 8. The molecule has 20 heavy (non-hydrogen) atoms. The van der Waals surface area contributed by atoms with Gasteiger partial charge in [-0.2, -0.15) is 4.68 Å². The smallest absolute Gasteiger partial charge is 0.214 e. The minimum Gasteiger partial charge on any atom is -0.352 e. The lowest BCUT2D eigenvalue weighted by Crippen LogP contribution is -2.20. The van der Waals surface area contributed by atoms with E-state index in [4.69, 9.17) is 9.47 Å². The number of aromatic nitrogens is 4. The topological polar surface area (TPSA) is 62.1 Å². The number of nitrogens with zero attached hydrogens (tertiary/aromatic N) is 4. The van der Waals surface area contributed by atoms with Gasteiger partial charge in [0, 0.05) is 13.2 Å². The number of benzene rings is 1. The van der Waals surface area contributed by atoms with E-state index in [1.165, 1.54) is 11.8 Å². The highest BCUT2D eigenvalue weighted by Gasteiger charge is 2.13. The van der Waals surface area contributed by atoms with Gasteiger partial charge in [0.2, 0.25) is 5.16 Å². The maximum absolute atomic E-state index is 5.51. The molecular weight excluding hydrogens is 276 g/mol. The Bertz CT molecular complexity index is 500. The molecule has 0 aliphatic rings. The summed E-state index contributed by atoms with van der Waals surface area (Å²) in [6, 6.07) is 9.79. The largest absolute Gasteiger partial charge is 0.352 e. The fourth-order valence-corrected chi connectivity index (χ4v) is 2.49. The summed E-state index contributed by atoms with van der Waals surface area (Å²) in [6.07, 6.45) is -0.240. The normalized spacial score (nSPS) is 11.2. The Morgan fingerprint density at radius 2 is 1.85 bits per heavy atom. The Balaban J connectivity index is 2.02. The van der Waals surface area contributed by atoms with Gasteiger partial charge in [-0.05, 0) is 36.4 Å². The van der Waals surface area contributed by atoms with Crippen LogP contribution in [0.2, 0.25) is 0 Å². The molecule has 1 aromatic heterocycles. The third kappa shape index (κ3) is 4.03. The van der Waals surface area contributed by atoms with Crippen LogP contribution in [-0.4, -0.2) is 45.5 Å². The number of hydrogen-bond acceptors (Lipinski definition) is 6. The molecule has 6 nitrogen and oxygen atoms in total. The predicted molar refractivity (Wildman–Crippen MR) is 76.9 cm³/mol. The van der Waals surface area contributed by atoms with Crippen molar-refractivity contribution >= 4 is 11.8 Å². The standard InChI is InChI=1S/C13H18N4O2S/c1-3-18-12(19-4-2)10-20-13-14-15-16-17(13)11-8-6-5-7-9-11/h5-9,12H,3-4,10H2,1-2H3. The Labute approximate surface area is 122 Å². The van der Waals surface area contributed by atoms with Gasteiger partial charge in [0.05, 0.1) is 11.4 Å². The van der Waals surface area contributed by atoms with Crippen molar-refractivity contribution in [3.63, 3.8) is 0 Å². The molecule has 0 amide bonds. The fraction of sp³-hybridized carbons (Fsp3) is 0.462. The summed E-state index contributed by atoms with van der Waals surface area (Å²) in [7, 11) is 0. The molecule has 2 aromatic rings. The van der Waals surface area contributed by atoms with Gasteiger partial charge in [-0.1, -0.05) is 30.0 Å². The van der Waals surface area contributed by atoms with E-state index in [0.29, 0.717) is 19.0 Å². The molecule has 2 rings (SSSR count). The molecule has 0 unspecified atom stereocenters. The van der Waals surface area contributed by atoms with Crippen LogP contribution in [0.3, 0.4) is 0 Å². The molecule has 7 heteroatoms. The van der Waals surface area contributed by atoms with Gasteiger partial charge in [0.1, 0.15) is 0 Å². The van der Waals surface area contributed by atoms with Crippen molar-refractivity contribution in [3.8, 4) is 5.69 Å². The van der Waals surface area contributed by atoms with E-state index in [1.54, 1.807) is 4.68 Å². The third-order valence-electron chi connectivity index (χ3n) is 2.50. The monoisotopic (exact) mass is 294 g/mol. The molecular formula is C13H18N4O2S. The van der Waals surface area contributed by atoms with E-state index < -0.39 is 0 Å². The number of tetrazole rings is 1. The number of ether oxygens (including phenoxy) is 2. The zero-order valence-electron chi connectivity index (χ0n) is 11.6. The zero-order chi connectivity index (χ0) is 14.2. The van der Waals surface area contributed by atoms with Crippen molar-refractivity contribution in [3.05, 3.63) is 30.3 Å². The van der Waals surface area contributed by atoms with Crippen LogP contribution in [0.1, 0.15) is 13.8 Å². The molecule has 0 bridgehead atoms. The first kappa shape index (κ1) is 15.0. The highest BCUT2D eigenvalue weighted by molar-refractivity contribution is 7.99. The SMILES string of the molecule is CCOC(CSc1nnnn1-c1ccccc1)OCC. The van der Waals surface area contributed by atoms with Crippen molar-refractivity contribution in [1.29, 1.82) is 0 Å². The minimum atomic E-state index is -0.240. The van der Waals surface area contributed by atoms with Crippen molar-refractivity contribution in [2.24, 2.45) is 0 Å². The summed E-state index contributed by atoms with van der Waals surface area (Å²) >= 11 is 1.51. The predicted octanol–water partition coefficient (Wildman–Crippen LogP) is 2.15. The quantitative estimate of drug-likeness (QED) is 0.549. The molecule has 0 aliphatic carbocycles. The van der Waals surface area contributed by atoms with Crippen molar-refractivity contribution in [2.75, 3.05) is 19.0 Å². The second-order valence-electron chi connectivity index (χ2n) is 3.86.